The molecule has 1 N–H and O–H groups in total. The zero-order valence-corrected chi connectivity index (χ0v) is 32.3. The summed E-state index contributed by atoms with van der Waals surface area (Å²) in [7, 11) is 0. The molecule has 0 spiro atoms. The topological polar surface area (TPSA) is 63.1 Å². The minimum atomic E-state index is -0.337. The molecule has 0 amide bonds. The molecule has 0 saturated heterocycles. The summed E-state index contributed by atoms with van der Waals surface area (Å²) in [6.07, 6.45) is 4.75. The maximum absolute atomic E-state index is 12.2. The summed E-state index contributed by atoms with van der Waals surface area (Å²) in [5, 5.41) is 15.0. The number of carbonyl (C=O) groups is 1. The van der Waals surface area contributed by atoms with Crippen LogP contribution in [0.25, 0.3) is 44.1 Å². The van der Waals surface area contributed by atoms with E-state index in [1.165, 1.54) is 44.3 Å². The largest absolute Gasteiger partial charge is 0.512 e. The van der Waals surface area contributed by atoms with E-state index in [-0.39, 0.29) is 47.9 Å². The van der Waals surface area contributed by atoms with Crippen LogP contribution in [0.3, 0.4) is 0 Å². The number of fused-ring (bicyclic) bond motifs is 5. The molecule has 0 fully saturated rings. The Morgan fingerprint density at radius 3 is 1.85 bits per heavy atom. The molecule has 0 atom stereocenters. The first-order chi connectivity index (χ1) is 22.3. The van der Waals surface area contributed by atoms with E-state index >= 15 is 0 Å². The van der Waals surface area contributed by atoms with Gasteiger partial charge in [-0.05, 0) is 72.3 Å². The van der Waals surface area contributed by atoms with Crippen molar-refractivity contribution in [1.82, 2.24) is 9.97 Å². The van der Waals surface area contributed by atoms with E-state index < -0.39 is 0 Å². The van der Waals surface area contributed by atoms with Crippen molar-refractivity contribution in [2.45, 2.75) is 93.4 Å². The monoisotopic (exact) mass is 818 g/mol. The Morgan fingerprint density at radius 1 is 0.792 bits per heavy atom. The summed E-state index contributed by atoms with van der Waals surface area (Å²) in [6.45, 7) is 18.6. The van der Waals surface area contributed by atoms with Crippen LogP contribution >= 0.6 is 0 Å². The van der Waals surface area contributed by atoms with Gasteiger partial charge in [0.1, 0.15) is 11.6 Å². The fourth-order valence-corrected chi connectivity index (χ4v) is 6.59. The molecular formula is C43H49IrN2O2-. The molecule has 6 rings (SSSR count). The normalized spacial score (nSPS) is 13.7. The van der Waals surface area contributed by atoms with Crippen LogP contribution < -0.4 is 0 Å². The number of aliphatic hydroxyl groups excluding tert-OH is 1. The van der Waals surface area contributed by atoms with Crippen molar-refractivity contribution in [3.8, 4) is 22.5 Å². The number of aliphatic hydroxyl groups is 1. The number of aryl methyl sites for hydroxylation is 1. The fourth-order valence-electron chi connectivity index (χ4n) is 6.59. The first-order valence-corrected chi connectivity index (χ1v) is 17.1. The molecule has 0 bridgehead atoms. The second-order valence-corrected chi connectivity index (χ2v) is 14.1. The average Bonchev–Trinajstić information content (AvgIpc) is 3.30. The summed E-state index contributed by atoms with van der Waals surface area (Å²) in [5.74, 6) is 1.08. The van der Waals surface area contributed by atoms with Crippen LogP contribution in [-0.2, 0) is 30.3 Å². The number of hydrogen-bond acceptors (Lipinski definition) is 4. The molecule has 1 aliphatic rings. The minimum Gasteiger partial charge on any atom is -0.512 e. The van der Waals surface area contributed by atoms with Gasteiger partial charge < -0.3 is 5.11 Å². The van der Waals surface area contributed by atoms with Crippen LogP contribution in [0.15, 0.2) is 84.6 Å². The van der Waals surface area contributed by atoms with Crippen LogP contribution in [0.2, 0.25) is 0 Å². The first-order valence-electron chi connectivity index (χ1n) is 17.1. The number of carbonyl (C=O) groups excluding carboxylic acids is 1. The third-order valence-electron chi connectivity index (χ3n) is 11.0. The van der Waals surface area contributed by atoms with Gasteiger partial charge in [0.15, 0.2) is 5.78 Å². The van der Waals surface area contributed by atoms with Crippen LogP contribution in [0, 0.1) is 23.8 Å². The molecule has 0 unspecified atom stereocenters. The number of rotatable bonds is 8. The van der Waals surface area contributed by atoms with Gasteiger partial charge in [0, 0.05) is 48.0 Å². The maximum atomic E-state index is 12.2. The van der Waals surface area contributed by atoms with Crippen LogP contribution in [0.4, 0.5) is 0 Å². The molecular weight excluding hydrogens is 769 g/mol. The van der Waals surface area contributed by atoms with Gasteiger partial charge in [-0.3, -0.25) is 9.78 Å². The van der Waals surface area contributed by atoms with Crippen molar-refractivity contribution in [1.29, 1.82) is 0 Å². The molecule has 5 aromatic rings. The fraction of sp³-hybridized carbons (Fsp3) is 0.372. The molecule has 1 aromatic heterocycles. The Bertz CT molecular complexity index is 1980. The molecule has 4 aromatic carbocycles. The quantitative estimate of drug-likeness (QED) is 0.0962. The standard InChI is InChI=1S/C28H21N2.C15H28O2.Ir/c1-17-29-26(22-13-12-18-8-4-5-9-19(18)14-22)25-27(30-17)23-15-20-10-6-7-11-21(20)16-24(23)28(25,2)3;1-7-14(5,8-2)12(16)11-13(17)15(6,9-3)10-4;/h4-12,14-16H,1-3H3;11,16H,7-10H2,1-6H3;/q-1;;/b;12-11-;. The van der Waals surface area contributed by atoms with Crippen LogP contribution in [0.5, 0.6) is 0 Å². The zero-order chi connectivity index (χ0) is 34.1. The van der Waals surface area contributed by atoms with E-state index in [1.54, 1.807) is 0 Å². The smallest absolute Gasteiger partial charge is 0.164 e. The Morgan fingerprint density at radius 2 is 1.29 bits per heavy atom. The summed E-state index contributed by atoms with van der Waals surface area (Å²) in [6, 6.07) is 29.3. The maximum Gasteiger partial charge on any atom is 0.164 e. The minimum absolute atomic E-state index is 0. The predicted molar refractivity (Wildman–Crippen MR) is 197 cm³/mol. The molecule has 1 radical (unpaired) electrons. The van der Waals surface area contributed by atoms with E-state index in [9.17, 15) is 9.90 Å². The molecule has 48 heavy (non-hydrogen) atoms. The number of nitrogens with zero attached hydrogens (tertiary/aromatic N) is 2. The number of hydrogen-bond donors (Lipinski definition) is 1. The zero-order valence-electron chi connectivity index (χ0n) is 29.9. The molecule has 1 aliphatic carbocycles. The number of benzene rings is 4. The van der Waals surface area contributed by atoms with E-state index in [2.05, 4.69) is 92.7 Å². The molecule has 253 valence electrons. The molecule has 0 aliphatic heterocycles. The average molecular weight is 818 g/mol. The molecule has 0 saturated carbocycles. The Labute approximate surface area is 300 Å². The van der Waals surface area contributed by atoms with E-state index in [0.29, 0.717) is 0 Å². The van der Waals surface area contributed by atoms with Gasteiger partial charge in [0.2, 0.25) is 0 Å². The number of aromatic nitrogens is 2. The number of ketones is 1. The van der Waals surface area contributed by atoms with Gasteiger partial charge >= 0.3 is 0 Å². The summed E-state index contributed by atoms with van der Waals surface area (Å²) in [4.78, 5) is 22.0. The number of allylic oxidation sites excluding steroid dienone is 2. The second kappa shape index (κ2) is 14.4. The van der Waals surface area contributed by atoms with E-state index in [4.69, 9.17) is 9.97 Å². The molecule has 4 nitrogen and oxygen atoms in total. The van der Waals surface area contributed by atoms with Crippen molar-refractivity contribution in [2.75, 3.05) is 0 Å². The summed E-state index contributed by atoms with van der Waals surface area (Å²) in [5.41, 5.74) is 6.04. The predicted octanol–water partition coefficient (Wildman–Crippen LogP) is 11.5. The Kier molecular flexibility index (Phi) is 11.2. The third kappa shape index (κ3) is 6.78. The van der Waals surface area contributed by atoms with Crippen LogP contribution in [0.1, 0.15) is 98.0 Å². The first kappa shape index (κ1) is 37.2. The van der Waals surface area contributed by atoms with Gasteiger partial charge in [0.05, 0.1) is 5.69 Å². The van der Waals surface area contributed by atoms with E-state index in [1.807, 2.05) is 48.5 Å². The third-order valence-corrected chi connectivity index (χ3v) is 11.0. The van der Waals surface area contributed by atoms with Gasteiger partial charge in [-0.2, -0.15) is 0 Å². The Balaban J connectivity index is 0.000000251. The molecule has 1 heterocycles. The van der Waals surface area contributed by atoms with E-state index in [0.717, 1.165) is 48.5 Å². The van der Waals surface area contributed by atoms with Gasteiger partial charge in [0.25, 0.3) is 0 Å². The van der Waals surface area contributed by atoms with Gasteiger partial charge in [-0.1, -0.05) is 109 Å². The van der Waals surface area contributed by atoms with Crippen molar-refractivity contribution in [2.24, 2.45) is 10.8 Å². The van der Waals surface area contributed by atoms with Crippen molar-refractivity contribution in [3.05, 3.63) is 108 Å². The van der Waals surface area contributed by atoms with Crippen LogP contribution in [-0.4, -0.2) is 20.9 Å². The second-order valence-electron chi connectivity index (χ2n) is 14.1. The SMILES string of the molecule is CCC(C)(CC)C(=O)/C=C(\O)C(C)(CC)CC.Cc1nc(-c2[c-]cc3ccccc3c2)c2c(n1)-c1cc3ccccc3cc1C2(C)C.[Ir]. The van der Waals surface area contributed by atoms with Gasteiger partial charge in [-0.15, -0.1) is 29.1 Å². The van der Waals surface area contributed by atoms with Crippen molar-refractivity contribution < 1.29 is 30.0 Å². The van der Waals surface area contributed by atoms with Crippen molar-refractivity contribution in [3.63, 3.8) is 0 Å². The molecule has 5 heteroatoms. The Hall–Kier alpha value is -3.66. The summed E-state index contributed by atoms with van der Waals surface area (Å²) < 4.78 is 0. The summed E-state index contributed by atoms with van der Waals surface area (Å²) >= 11 is 0. The van der Waals surface area contributed by atoms with Gasteiger partial charge in [-0.25, -0.2) is 4.98 Å². The van der Waals surface area contributed by atoms with Crippen molar-refractivity contribution >= 4 is 27.3 Å².